The predicted octanol–water partition coefficient (Wildman–Crippen LogP) is 1.88. The molecule has 0 aromatic heterocycles. The first kappa shape index (κ1) is 9.73. The smallest absolute Gasteiger partial charge is 0.204 e. The molecular weight excluding hydrogens is 223 g/mol. The molecule has 0 atom stereocenters. The van der Waals surface area contributed by atoms with Crippen LogP contribution in [0.15, 0.2) is 28.0 Å². The highest BCUT2D eigenvalue weighted by molar-refractivity contribution is 7.97. The van der Waals surface area contributed by atoms with Crippen molar-refractivity contribution in [3.8, 4) is 0 Å². The van der Waals surface area contributed by atoms with Gasteiger partial charge in [-0.1, -0.05) is 0 Å². The van der Waals surface area contributed by atoms with Gasteiger partial charge in [-0.3, -0.25) is 0 Å². The second-order valence-electron chi connectivity index (χ2n) is 2.95. The third kappa shape index (κ3) is 1.27. The van der Waals surface area contributed by atoms with Crippen molar-refractivity contribution in [3.05, 3.63) is 34.5 Å². The monoisotopic (exact) mass is 230 g/mol. The Kier molecular flexibility index (Phi) is 2.16. The van der Waals surface area contributed by atoms with Crippen LogP contribution in [0.25, 0.3) is 6.08 Å². The minimum absolute atomic E-state index is 0.138. The molecule has 5 heteroatoms. The molecule has 0 N–H and O–H groups in total. The van der Waals surface area contributed by atoms with Crippen LogP contribution in [0.1, 0.15) is 5.56 Å². The van der Waals surface area contributed by atoms with E-state index in [0.29, 0.717) is 5.56 Å². The van der Waals surface area contributed by atoms with E-state index >= 15 is 0 Å². The number of thiol groups is 1. The summed E-state index contributed by atoms with van der Waals surface area (Å²) in [7, 11) is -3.40. The lowest BCUT2D eigenvalue weighted by atomic mass is 10.2. The van der Waals surface area contributed by atoms with Crippen molar-refractivity contribution in [2.45, 2.75) is 4.90 Å². The maximum absolute atomic E-state index is 12.8. The number of hydrogen-bond donors (Lipinski definition) is 1. The number of benzene rings is 1. The summed E-state index contributed by atoms with van der Waals surface area (Å²) in [5.74, 6) is -0.297. The van der Waals surface area contributed by atoms with E-state index in [9.17, 15) is 12.8 Å². The lowest BCUT2D eigenvalue weighted by Crippen LogP contribution is -2.01. The molecule has 14 heavy (non-hydrogen) atoms. The Balaban J connectivity index is 2.71. The Hall–Kier alpha value is -0.810. The van der Waals surface area contributed by atoms with Gasteiger partial charge in [0.25, 0.3) is 0 Å². The van der Waals surface area contributed by atoms with Crippen LogP contribution in [0.3, 0.4) is 0 Å². The SMILES string of the molecule is O=S1(=O)C(CS)=Cc2cc(F)ccc21. The molecule has 0 fully saturated rings. The lowest BCUT2D eigenvalue weighted by molar-refractivity contribution is 0.602. The van der Waals surface area contributed by atoms with Gasteiger partial charge < -0.3 is 0 Å². The molecule has 1 aliphatic rings. The summed E-state index contributed by atoms with van der Waals surface area (Å²) >= 11 is 3.92. The van der Waals surface area contributed by atoms with Crippen molar-refractivity contribution >= 4 is 28.5 Å². The van der Waals surface area contributed by atoms with Crippen LogP contribution >= 0.6 is 12.6 Å². The average molecular weight is 230 g/mol. The van der Waals surface area contributed by atoms with Gasteiger partial charge in [0.05, 0.1) is 9.80 Å². The zero-order chi connectivity index (χ0) is 10.3. The van der Waals surface area contributed by atoms with Gasteiger partial charge >= 0.3 is 0 Å². The van der Waals surface area contributed by atoms with E-state index < -0.39 is 15.7 Å². The summed E-state index contributed by atoms with van der Waals surface area (Å²) < 4.78 is 36.2. The summed E-state index contributed by atoms with van der Waals surface area (Å²) in [6.07, 6.45) is 1.46. The number of fused-ring (bicyclic) bond motifs is 1. The van der Waals surface area contributed by atoms with Gasteiger partial charge in [0.15, 0.2) is 0 Å². The zero-order valence-electron chi connectivity index (χ0n) is 7.07. The number of halogens is 1. The number of rotatable bonds is 1. The van der Waals surface area contributed by atoms with Gasteiger partial charge in [-0.25, -0.2) is 12.8 Å². The molecule has 0 spiro atoms. The zero-order valence-corrected chi connectivity index (χ0v) is 8.78. The largest absolute Gasteiger partial charge is 0.219 e. The standard InChI is InChI=1S/C9H7FO2S2/c10-7-1-2-9-6(3-7)4-8(5-13)14(9,11)12/h1-4,13H,5H2. The van der Waals surface area contributed by atoms with Gasteiger partial charge in [-0.05, 0) is 29.8 Å². The van der Waals surface area contributed by atoms with Crippen molar-refractivity contribution in [1.82, 2.24) is 0 Å². The summed E-state index contributed by atoms with van der Waals surface area (Å²) in [6, 6.07) is 3.64. The van der Waals surface area contributed by atoms with E-state index in [1.807, 2.05) is 0 Å². The molecule has 74 valence electrons. The molecule has 2 rings (SSSR count). The first-order chi connectivity index (χ1) is 6.55. The molecule has 0 bridgehead atoms. The van der Waals surface area contributed by atoms with Gasteiger partial charge in [-0.15, -0.1) is 0 Å². The summed E-state index contributed by atoms with van der Waals surface area (Å²) in [6.45, 7) is 0. The van der Waals surface area contributed by atoms with E-state index in [1.165, 1.54) is 18.2 Å². The molecule has 1 aromatic carbocycles. The Morgan fingerprint density at radius 2 is 2.07 bits per heavy atom. The highest BCUT2D eigenvalue weighted by atomic mass is 32.2. The second kappa shape index (κ2) is 3.10. The van der Waals surface area contributed by atoms with E-state index in [-0.39, 0.29) is 15.6 Å². The Bertz CT molecular complexity index is 518. The predicted molar refractivity (Wildman–Crippen MR) is 55.4 cm³/mol. The lowest BCUT2D eigenvalue weighted by Gasteiger charge is -1.99. The van der Waals surface area contributed by atoms with Gasteiger partial charge in [0, 0.05) is 5.75 Å². The highest BCUT2D eigenvalue weighted by Crippen LogP contribution is 2.33. The summed E-state index contributed by atoms with van der Waals surface area (Å²) in [5.41, 5.74) is 0.411. The van der Waals surface area contributed by atoms with Crippen molar-refractivity contribution in [3.63, 3.8) is 0 Å². The number of sulfone groups is 1. The molecule has 0 saturated heterocycles. The van der Waals surface area contributed by atoms with Crippen LogP contribution < -0.4 is 0 Å². The topological polar surface area (TPSA) is 34.1 Å². The quantitative estimate of drug-likeness (QED) is 0.590. The first-order valence-electron chi connectivity index (χ1n) is 3.92. The van der Waals surface area contributed by atoms with Crippen molar-refractivity contribution in [2.24, 2.45) is 0 Å². The van der Waals surface area contributed by atoms with Crippen molar-refractivity contribution in [2.75, 3.05) is 5.75 Å². The Labute approximate surface area is 86.8 Å². The van der Waals surface area contributed by atoms with Crippen LogP contribution in [0.5, 0.6) is 0 Å². The fourth-order valence-electron chi connectivity index (χ4n) is 1.40. The maximum atomic E-state index is 12.8. The molecule has 0 saturated carbocycles. The van der Waals surface area contributed by atoms with Gasteiger partial charge in [0.1, 0.15) is 5.82 Å². The molecule has 0 aliphatic carbocycles. The van der Waals surface area contributed by atoms with Crippen LogP contribution in [-0.2, 0) is 9.84 Å². The van der Waals surface area contributed by atoms with Crippen LogP contribution in [0.2, 0.25) is 0 Å². The number of hydrogen-bond acceptors (Lipinski definition) is 3. The third-order valence-corrected chi connectivity index (χ3v) is 4.54. The van der Waals surface area contributed by atoms with Crippen molar-refractivity contribution in [1.29, 1.82) is 0 Å². The first-order valence-corrected chi connectivity index (χ1v) is 6.03. The highest BCUT2D eigenvalue weighted by Gasteiger charge is 2.28. The van der Waals surface area contributed by atoms with Crippen LogP contribution in [-0.4, -0.2) is 14.2 Å². The average Bonchev–Trinajstić information content (AvgIpc) is 2.37. The molecule has 2 nitrogen and oxygen atoms in total. The Morgan fingerprint density at radius 3 is 2.71 bits per heavy atom. The molecule has 1 heterocycles. The fraction of sp³-hybridized carbons (Fsp3) is 0.111. The third-order valence-electron chi connectivity index (χ3n) is 2.08. The van der Waals surface area contributed by atoms with Crippen LogP contribution in [0.4, 0.5) is 4.39 Å². The maximum Gasteiger partial charge on any atom is 0.204 e. The minimum atomic E-state index is -3.40. The van der Waals surface area contributed by atoms with E-state index in [0.717, 1.165) is 6.07 Å². The molecular formula is C9H7FO2S2. The normalized spacial score (nSPS) is 17.7. The van der Waals surface area contributed by atoms with Crippen molar-refractivity contribution < 1.29 is 12.8 Å². The Morgan fingerprint density at radius 1 is 1.36 bits per heavy atom. The van der Waals surface area contributed by atoms with Crippen LogP contribution in [0, 0.1) is 5.82 Å². The second-order valence-corrected chi connectivity index (χ2v) is 5.24. The van der Waals surface area contributed by atoms with Gasteiger partial charge in [0.2, 0.25) is 9.84 Å². The molecule has 0 amide bonds. The van der Waals surface area contributed by atoms with Gasteiger partial charge in [-0.2, -0.15) is 12.6 Å². The minimum Gasteiger partial charge on any atom is -0.219 e. The molecule has 1 aromatic rings. The van der Waals surface area contributed by atoms with E-state index in [4.69, 9.17) is 0 Å². The molecule has 1 aliphatic heterocycles. The summed E-state index contributed by atoms with van der Waals surface area (Å²) in [4.78, 5) is 0.393. The fourth-order valence-corrected chi connectivity index (χ4v) is 3.41. The van der Waals surface area contributed by atoms with E-state index in [2.05, 4.69) is 12.6 Å². The molecule has 0 unspecified atom stereocenters. The van der Waals surface area contributed by atoms with E-state index in [1.54, 1.807) is 0 Å². The molecule has 0 radical (unpaired) electrons. The summed E-state index contributed by atoms with van der Waals surface area (Å²) in [5, 5.41) is 0.